The molecule has 0 amide bonds. The monoisotopic (exact) mass is 225 g/mol. The first kappa shape index (κ1) is 11.0. The van der Waals surface area contributed by atoms with Crippen molar-refractivity contribution < 1.29 is 9.47 Å². The summed E-state index contributed by atoms with van der Waals surface area (Å²) >= 11 is 0. The highest BCUT2D eigenvalue weighted by Crippen LogP contribution is 2.45. The molecule has 0 bridgehead atoms. The van der Waals surface area contributed by atoms with Gasteiger partial charge in [0, 0.05) is 24.7 Å². The number of hydrogen-bond donors (Lipinski definition) is 1. The van der Waals surface area contributed by atoms with Gasteiger partial charge >= 0.3 is 0 Å². The van der Waals surface area contributed by atoms with Gasteiger partial charge in [-0.25, -0.2) is 0 Å². The fraction of sp³-hybridized carbons (Fsp3) is 1.00. The summed E-state index contributed by atoms with van der Waals surface area (Å²) in [5.41, 5.74) is 0.492. The molecule has 0 saturated carbocycles. The number of hydrogen-bond acceptors (Lipinski definition) is 3. The van der Waals surface area contributed by atoms with Crippen molar-refractivity contribution in [2.24, 2.45) is 11.3 Å². The predicted octanol–water partition coefficient (Wildman–Crippen LogP) is 1.57. The van der Waals surface area contributed by atoms with Crippen LogP contribution in [0.3, 0.4) is 0 Å². The van der Waals surface area contributed by atoms with Crippen molar-refractivity contribution in [3.8, 4) is 0 Å². The molecule has 3 saturated heterocycles. The van der Waals surface area contributed by atoms with Crippen LogP contribution in [0.5, 0.6) is 0 Å². The van der Waals surface area contributed by atoms with Crippen molar-refractivity contribution in [2.75, 3.05) is 33.0 Å². The number of nitrogens with one attached hydrogen (secondary N) is 1. The molecule has 1 N–H and O–H groups in total. The second kappa shape index (κ2) is 4.63. The zero-order valence-electron chi connectivity index (χ0n) is 10.0. The minimum Gasteiger partial charge on any atom is -0.381 e. The summed E-state index contributed by atoms with van der Waals surface area (Å²) in [6.45, 7) is 5.14. The Labute approximate surface area is 97.9 Å². The molecule has 3 heteroatoms. The highest BCUT2D eigenvalue weighted by Gasteiger charge is 2.47. The third kappa shape index (κ3) is 2.01. The second-order valence-corrected chi connectivity index (χ2v) is 5.74. The van der Waals surface area contributed by atoms with Crippen LogP contribution < -0.4 is 5.32 Å². The van der Waals surface area contributed by atoms with E-state index in [0.29, 0.717) is 5.41 Å². The normalized spacial score (nSPS) is 34.9. The van der Waals surface area contributed by atoms with Crippen LogP contribution in [-0.4, -0.2) is 39.0 Å². The maximum absolute atomic E-state index is 5.53. The van der Waals surface area contributed by atoms with E-state index in [-0.39, 0.29) is 0 Å². The van der Waals surface area contributed by atoms with Crippen LogP contribution in [0.25, 0.3) is 0 Å². The molecule has 3 aliphatic heterocycles. The second-order valence-electron chi connectivity index (χ2n) is 5.74. The molecule has 3 aliphatic rings. The molecule has 0 aromatic rings. The summed E-state index contributed by atoms with van der Waals surface area (Å²) in [6.07, 6.45) is 6.55. The molecule has 1 unspecified atom stereocenters. The van der Waals surface area contributed by atoms with Crippen LogP contribution in [0.4, 0.5) is 0 Å². The van der Waals surface area contributed by atoms with Crippen LogP contribution in [0.1, 0.15) is 32.1 Å². The molecular formula is C13H23NO2. The molecule has 92 valence electrons. The molecule has 0 aliphatic carbocycles. The van der Waals surface area contributed by atoms with Gasteiger partial charge in [0.1, 0.15) is 0 Å². The third-order valence-corrected chi connectivity index (χ3v) is 4.68. The third-order valence-electron chi connectivity index (χ3n) is 4.68. The van der Waals surface area contributed by atoms with Crippen LogP contribution in [0, 0.1) is 11.3 Å². The molecule has 3 nitrogen and oxygen atoms in total. The van der Waals surface area contributed by atoms with E-state index >= 15 is 0 Å². The summed E-state index contributed by atoms with van der Waals surface area (Å²) in [4.78, 5) is 0. The molecule has 0 spiro atoms. The van der Waals surface area contributed by atoms with Gasteiger partial charge < -0.3 is 14.8 Å². The topological polar surface area (TPSA) is 30.5 Å². The van der Waals surface area contributed by atoms with Crippen molar-refractivity contribution in [2.45, 2.75) is 38.1 Å². The summed E-state index contributed by atoms with van der Waals surface area (Å²) in [6, 6.07) is 0.756. The molecular weight excluding hydrogens is 202 g/mol. The molecule has 0 radical (unpaired) electrons. The van der Waals surface area contributed by atoms with Gasteiger partial charge in [-0.15, -0.1) is 0 Å². The van der Waals surface area contributed by atoms with Crippen molar-refractivity contribution in [1.82, 2.24) is 5.32 Å². The van der Waals surface area contributed by atoms with E-state index in [1.807, 2.05) is 0 Å². The first-order chi connectivity index (χ1) is 7.89. The SMILES string of the molecule is C1CNC(CC2(C3CCOCC3)COC2)C1. The summed E-state index contributed by atoms with van der Waals surface area (Å²) in [5.74, 6) is 0.845. The Hall–Kier alpha value is -0.120. The largest absolute Gasteiger partial charge is 0.381 e. The molecule has 3 fully saturated rings. The van der Waals surface area contributed by atoms with Crippen molar-refractivity contribution in [1.29, 1.82) is 0 Å². The Morgan fingerprint density at radius 1 is 1.06 bits per heavy atom. The summed E-state index contributed by atoms with van der Waals surface area (Å²) in [7, 11) is 0. The highest BCUT2D eigenvalue weighted by molar-refractivity contribution is 4.96. The van der Waals surface area contributed by atoms with Gasteiger partial charge in [-0.2, -0.15) is 0 Å². The lowest BCUT2D eigenvalue weighted by atomic mass is 9.66. The number of ether oxygens (including phenoxy) is 2. The van der Waals surface area contributed by atoms with E-state index < -0.39 is 0 Å². The van der Waals surface area contributed by atoms with Gasteiger partial charge in [-0.05, 0) is 44.6 Å². The molecule has 16 heavy (non-hydrogen) atoms. The zero-order chi connectivity index (χ0) is 10.8. The summed E-state index contributed by atoms with van der Waals surface area (Å²) in [5, 5.41) is 3.63. The van der Waals surface area contributed by atoms with E-state index in [2.05, 4.69) is 5.32 Å². The highest BCUT2D eigenvalue weighted by atomic mass is 16.5. The first-order valence-corrected chi connectivity index (χ1v) is 6.78. The molecule has 0 aromatic heterocycles. The average Bonchev–Trinajstić information content (AvgIpc) is 2.77. The zero-order valence-corrected chi connectivity index (χ0v) is 10.0. The Bertz CT molecular complexity index is 228. The molecule has 3 rings (SSSR count). The Balaban J connectivity index is 1.62. The Morgan fingerprint density at radius 2 is 1.88 bits per heavy atom. The van der Waals surface area contributed by atoms with E-state index in [1.54, 1.807) is 0 Å². The van der Waals surface area contributed by atoms with Gasteiger partial charge in [0.25, 0.3) is 0 Å². The minimum absolute atomic E-state index is 0.492. The Kier molecular flexibility index (Phi) is 3.18. The molecule has 0 aromatic carbocycles. The standard InChI is InChI=1S/C13H23NO2/c1-2-12(14-5-1)8-13(9-16-10-13)11-3-6-15-7-4-11/h11-12,14H,1-10H2. The Morgan fingerprint density at radius 3 is 2.44 bits per heavy atom. The maximum atomic E-state index is 5.53. The van der Waals surface area contributed by atoms with Crippen molar-refractivity contribution >= 4 is 0 Å². The van der Waals surface area contributed by atoms with Crippen LogP contribution >= 0.6 is 0 Å². The summed E-state index contributed by atoms with van der Waals surface area (Å²) < 4.78 is 11.0. The smallest absolute Gasteiger partial charge is 0.0548 e. The predicted molar refractivity (Wildman–Crippen MR) is 62.4 cm³/mol. The van der Waals surface area contributed by atoms with Crippen molar-refractivity contribution in [3.05, 3.63) is 0 Å². The number of rotatable bonds is 3. The fourth-order valence-corrected chi connectivity index (χ4v) is 3.62. The van der Waals surface area contributed by atoms with Gasteiger partial charge in [0.15, 0.2) is 0 Å². The minimum atomic E-state index is 0.492. The van der Waals surface area contributed by atoms with Gasteiger partial charge in [-0.3, -0.25) is 0 Å². The quantitative estimate of drug-likeness (QED) is 0.791. The van der Waals surface area contributed by atoms with Crippen LogP contribution in [-0.2, 0) is 9.47 Å². The van der Waals surface area contributed by atoms with Crippen LogP contribution in [0.2, 0.25) is 0 Å². The maximum Gasteiger partial charge on any atom is 0.0548 e. The van der Waals surface area contributed by atoms with Gasteiger partial charge in [0.05, 0.1) is 13.2 Å². The van der Waals surface area contributed by atoms with Crippen LogP contribution in [0.15, 0.2) is 0 Å². The van der Waals surface area contributed by atoms with E-state index in [1.165, 1.54) is 38.6 Å². The lowest BCUT2D eigenvalue weighted by Gasteiger charge is -2.50. The molecule has 3 heterocycles. The fourth-order valence-electron chi connectivity index (χ4n) is 3.62. The first-order valence-electron chi connectivity index (χ1n) is 6.78. The molecule has 1 atom stereocenters. The lowest BCUT2D eigenvalue weighted by Crippen LogP contribution is -2.52. The van der Waals surface area contributed by atoms with Gasteiger partial charge in [-0.1, -0.05) is 0 Å². The van der Waals surface area contributed by atoms with E-state index in [4.69, 9.17) is 9.47 Å². The average molecular weight is 225 g/mol. The lowest BCUT2D eigenvalue weighted by molar-refractivity contribution is -0.169. The van der Waals surface area contributed by atoms with E-state index in [9.17, 15) is 0 Å². The van der Waals surface area contributed by atoms with E-state index in [0.717, 1.165) is 38.4 Å². The van der Waals surface area contributed by atoms with Gasteiger partial charge in [0.2, 0.25) is 0 Å². The van der Waals surface area contributed by atoms with Crippen molar-refractivity contribution in [3.63, 3.8) is 0 Å².